The zero-order valence-corrected chi connectivity index (χ0v) is 43.7. The molecule has 12 aromatic rings. The lowest BCUT2D eigenvalue weighted by Crippen LogP contribution is -2.23. The van der Waals surface area contributed by atoms with Crippen molar-refractivity contribution in [3.63, 3.8) is 0 Å². The normalized spacial score (nSPS) is 13.8. The molecule has 4 nitrogen and oxygen atoms in total. The minimum absolute atomic E-state index is 0.262. The number of fused-ring (bicyclic) bond motifs is 6. The van der Waals surface area contributed by atoms with E-state index in [1.165, 1.54) is 60.5 Å². The minimum atomic E-state index is 0.262. The van der Waals surface area contributed by atoms with Crippen molar-refractivity contribution in [2.24, 2.45) is 5.92 Å². The first-order valence-electron chi connectivity index (χ1n) is 26.8. The summed E-state index contributed by atoms with van der Waals surface area (Å²) in [6.07, 6.45) is 16.9. The smallest absolute Gasteiger partial charge is 0.0542 e. The first kappa shape index (κ1) is 47.6. The van der Waals surface area contributed by atoms with Crippen LogP contribution in [0.4, 0.5) is 28.4 Å². The van der Waals surface area contributed by atoms with Crippen molar-refractivity contribution in [1.82, 2.24) is 9.13 Å². The zero-order chi connectivity index (χ0) is 52.5. The number of allylic oxidation sites excluding steroid dienone is 8. The maximum atomic E-state index is 5.56. The Labute approximate surface area is 456 Å². The highest BCUT2D eigenvalue weighted by atomic mass is 15.2. The Morgan fingerprint density at radius 3 is 1.47 bits per heavy atom. The molecule has 0 saturated heterocycles. The average molecular weight is 1000 g/mol. The molecule has 2 heterocycles. The van der Waals surface area contributed by atoms with Gasteiger partial charge in [-0.15, -0.1) is 6.42 Å². The maximum absolute atomic E-state index is 5.56. The summed E-state index contributed by atoms with van der Waals surface area (Å²) >= 11 is 0. The van der Waals surface area contributed by atoms with Gasteiger partial charge in [0.1, 0.15) is 0 Å². The molecule has 0 saturated carbocycles. The van der Waals surface area contributed by atoms with E-state index >= 15 is 0 Å². The van der Waals surface area contributed by atoms with Crippen molar-refractivity contribution in [2.45, 2.75) is 20.3 Å². The van der Waals surface area contributed by atoms with Crippen molar-refractivity contribution in [2.75, 3.05) is 9.80 Å². The van der Waals surface area contributed by atoms with Crippen molar-refractivity contribution in [3.05, 3.63) is 290 Å². The quantitative estimate of drug-likeness (QED) is 0.0896. The predicted molar refractivity (Wildman–Crippen MR) is 332 cm³/mol. The van der Waals surface area contributed by atoms with Crippen LogP contribution in [-0.4, -0.2) is 9.13 Å². The van der Waals surface area contributed by atoms with Crippen LogP contribution in [0.2, 0.25) is 0 Å². The lowest BCUT2D eigenvalue weighted by atomic mass is 9.87. The molecule has 13 rings (SSSR count). The van der Waals surface area contributed by atoms with Crippen LogP contribution in [0, 0.1) is 18.3 Å². The van der Waals surface area contributed by atoms with E-state index in [0.29, 0.717) is 0 Å². The van der Waals surface area contributed by atoms with Gasteiger partial charge in [-0.1, -0.05) is 177 Å². The number of aromatic nitrogens is 2. The first-order chi connectivity index (χ1) is 38.5. The van der Waals surface area contributed by atoms with Gasteiger partial charge in [-0.25, -0.2) is 0 Å². The number of anilines is 5. The molecule has 0 N–H and O–H groups in total. The molecule has 0 spiro atoms. The lowest BCUT2D eigenvalue weighted by molar-refractivity contribution is 0.680. The Morgan fingerprint density at radius 1 is 0.449 bits per heavy atom. The van der Waals surface area contributed by atoms with Crippen molar-refractivity contribution in [1.29, 1.82) is 0 Å². The molecule has 78 heavy (non-hydrogen) atoms. The summed E-state index contributed by atoms with van der Waals surface area (Å²) in [5, 5.41) is 4.83. The van der Waals surface area contributed by atoms with Gasteiger partial charge in [-0.05, 0) is 162 Å². The molecule has 0 amide bonds. The number of rotatable bonds is 12. The zero-order valence-electron chi connectivity index (χ0n) is 43.7. The van der Waals surface area contributed by atoms with Crippen LogP contribution < -0.4 is 9.80 Å². The van der Waals surface area contributed by atoms with Crippen LogP contribution >= 0.6 is 0 Å². The highest BCUT2D eigenvalue weighted by molar-refractivity contribution is 6.12. The van der Waals surface area contributed by atoms with Gasteiger partial charge in [0.25, 0.3) is 0 Å². The van der Waals surface area contributed by atoms with Crippen LogP contribution in [0.5, 0.6) is 0 Å². The lowest BCUT2D eigenvalue weighted by Gasteiger charge is -2.34. The van der Waals surface area contributed by atoms with E-state index in [4.69, 9.17) is 6.42 Å². The summed E-state index contributed by atoms with van der Waals surface area (Å²) in [6.45, 7) is 4.50. The molecule has 10 aromatic carbocycles. The van der Waals surface area contributed by atoms with E-state index in [1.54, 1.807) is 6.08 Å². The average Bonchev–Trinajstić information content (AvgIpc) is 4.20. The Hall–Kier alpha value is -10.1. The second-order valence-electron chi connectivity index (χ2n) is 20.2. The van der Waals surface area contributed by atoms with Gasteiger partial charge in [0, 0.05) is 73.0 Å². The summed E-state index contributed by atoms with van der Waals surface area (Å²) in [5.41, 5.74) is 20.9. The third-order valence-corrected chi connectivity index (χ3v) is 15.4. The summed E-state index contributed by atoms with van der Waals surface area (Å²) in [6, 6.07) is 90.4. The number of para-hydroxylation sites is 3. The molecule has 0 bridgehead atoms. The van der Waals surface area contributed by atoms with Gasteiger partial charge in [-0.2, -0.15) is 0 Å². The third kappa shape index (κ3) is 8.78. The summed E-state index contributed by atoms with van der Waals surface area (Å²) in [4.78, 5) is 4.85. The van der Waals surface area contributed by atoms with Crippen LogP contribution in [0.25, 0.3) is 82.8 Å². The number of nitrogens with zero attached hydrogens (tertiary/aromatic N) is 4. The van der Waals surface area contributed by atoms with E-state index < -0.39 is 0 Å². The topological polar surface area (TPSA) is 16.3 Å². The number of hydrogen-bond acceptors (Lipinski definition) is 2. The van der Waals surface area contributed by atoms with E-state index in [0.717, 1.165) is 68.4 Å². The second-order valence-corrected chi connectivity index (χ2v) is 20.2. The molecule has 0 radical (unpaired) electrons. The summed E-state index contributed by atoms with van der Waals surface area (Å²) in [7, 11) is 0. The fourth-order valence-electron chi connectivity index (χ4n) is 11.7. The molecule has 0 fully saturated rings. The van der Waals surface area contributed by atoms with Gasteiger partial charge in [-0.3, -0.25) is 0 Å². The largest absolute Gasteiger partial charge is 0.314 e. The Balaban J connectivity index is 0.885. The van der Waals surface area contributed by atoms with Crippen molar-refractivity contribution >= 4 is 83.3 Å². The number of hydrogen-bond donors (Lipinski definition) is 0. The van der Waals surface area contributed by atoms with Crippen molar-refractivity contribution < 1.29 is 0 Å². The molecule has 4 heteroatoms. The Kier molecular flexibility index (Phi) is 12.6. The fourth-order valence-corrected chi connectivity index (χ4v) is 11.7. The highest BCUT2D eigenvalue weighted by Gasteiger charge is 2.26. The molecular weight excluding hydrogens is 945 g/mol. The second kappa shape index (κ2) is 20.6. The van der Waals surface area contributed by atoms with Gasteiger partial charge >= 0.3 is 0 Å². The summed E-state index contributed by atoms with van der Waals surface area (Å²) < 4.78 is 4.71. The molecular formula is C74H56N4. The maximum Gasteiger partial charge on any atom is 0.0542 e. The Morgan fingerprint density at radius 2 is 0.885 bits per heavy atom. The van der Waals surface area contributed by atoms with E-state index in [9.17, 15) is 0 Å². The minimum Gasteiger partial charge on any atom is -0.314 e. The van der Waals surface area contributed by atoms with Gasteiger partial charge in [0.15, 0.2) is 0 Å². The van der Waals surface area contributed by atoms with Gasteiger partial charge in [0.05, 0.1) is 22.1 Å². The fraction of sp³-hybridized carbons (Fsp3) is 0.0541. The standard InChI is InChI=1S/C74H56N4/c1-4-5-9-20-53(3)75-71-29-18-16-27-66(71)68-50-64(44-47-73(68)75)76(61-38-31-56(32-39-61)54-21-10-6-11-22-54)62-40-33-57(34-41-62)58-35-42-63(43-36-58)77(70-46-37-59(49-52(70)2)55-23-12-7-13-24-55)65-45-48-74-69(51-65)67-28-17-19-30-72(67)78(74)60-25-14-8-15-26-60/h1,5-48,50-52H,49H2,2-3H3/b9-5-,53-20+. The molecule has 0 aliphatic heterocycles. The predicted octanol–water partition coefficient (Wildman–Crippen LogP) is 19.9. The molecule has 1 unspecified atom stereocenters. The first-order valence-corrected chi connectivity index (χ1v) is 26.8. The monoisotopic (exact) mass is 1000 g/mol. The highest BCUT2D eigenvalue weighted by Crippen LogP contribution is 2.44. The molecule has 2 aromatic heterocycles. The SMILES string of the molecule is C#C/C=C\C=C(/C)n1c2ccccc2c2cc(N(c3ccc(-c4ccccc4)cc3)c3ccc(-c4ccc(N(C5=CC=C(c6ccccc6)CC5C)c5ccc6c(c5)c5ccccc5n6-c5ccccc5)cc4)cc3)ccc21. The van der Waals surface area contributed by atoms with Gasteiger partial charge in [0.2, 0.25) is 0 Å². The van der Waals surface area contributed by atoms with E-state index in [1.807, 2.05) is 6.08 Å². The van der Waals surface area contributed by atoms with Crippen LogP contribution in [-0.2, 0) is 0 Å². The Bertz CT molecular complexity index is 4340. The number of terminal acetylenes is 1. The van der Waals surface area contributed by atoms with Crippen LogP contribution in [0.3, 0.4) is 0 Å². The molecule has 1 aliphatic rings. The van der Waals surface area contributed by atoms with Gasteiger partial charge < -0.3 is 18.9 Å². The molecule has 1 atom stereocenters. The van der Waals surface area contributed by atoms with E-state index in [2.05, 4.69) is 306 Å². The molecule has 1 aliphatic carbocycles. The molecule has 372 valence electrons. The van der Waals surface area contributed by atoms with Crippen LogP contribution in [0.15, 0.2) is 285 Å². The van der Waals surface area contributed by atoms with E-state index in [-0.39, 0.29) is 5.92 Å². The van der Waals surface area contributed by atoms with Crippen molar-refractivity contribution in [3.8, 4) is 40.3 Å². The number of benzene rings is 10. The summed E-state index contributed by atoms with van der Waals surface area (Å²) in [5.74, 6) is 2.88. The van der Waals surface area contributed by atoms with Crippen LogP contribution in [0.1, 0.15) is 25.8 Å². The third-order valence-electron chi connectivity index (χ3n) is 15.4.